The van der Waals surface area contributed by atoms with Crippen LogP contribution in [-0.4, -0.2) is 16.8 Å². The van der Waals surface area contributed by atoms with Crippen LogP contribution in [0.4, 0.5) is 15.8 Å². The first-order valence-corrected chi connectivity index (χ1v) is 9.59. The number of nitrogens with one attached hydrogen (secondary N) is 1. The largest absolute Gasteiger partial charge is 0.423 e. The Morgan fingerprint density at radius 3 is 2.36 bits per heavy atom. The Kier molecular flexibility index (Phi) is 7.13. The van der Waals surface area contributed by atoms with Crippen molar-refractivity contribution in [3.63, 3.8) is 0 Å². The molecule has 164 valence electrons. The van der Waals surface area contributed by atoms with Gasteiger partial charge in [-0.15, -0.1) is 0 Å². The van der Waals surface area contributed by atoms with Crippen LogP contribution < -0.4 is 10.1 Å². The molecule has 0 radical (unpaired) electrons. The maximum atomic E-state index is 13.9. The summed E-state index contributed by atoms with van der Waals surface area (Å²) in [5.41, 5.74) is -0.489. The second-order valence-corrected chi connectivity index (χ2v) is 6.95. The molecule has 3 aromatic carbocycles. The van der Waals surface area contributed by atoms with Crippen molar-refractivity contribution in [1.29, 1.82) is 5.26 Å². The van der Waals surface area contributed by atoms with E-state index in [0.29, 0.717) is 16.1 Å². The molecule has 0 aromatic heterocycles. The first-order valence-electron chi connectivity index (χ1n) is 9.21. The van der Waals surface area contributed by atoms with Crippen molar-refractivity contribution in [2.45, 2.75) is 0 Å². The number of nitro benzene ring substituents is 1. The predicted molar refractivity (Wildman–Crippen MR) is 118 cm³/mol. The molecule has 1 N–H and O–H groups in total. The number of amides is 1. The van der Waals surface area contributed by atoms with Crippen LogP contribution in [0.25, 0.3) is 6.08 Å². The minimum absolute atomic E-state index is 0.230. The number of hydrogen-bond acceptors (Lipinski definition) is 6. The average Bonchev–Trinajstić information content (AvgIpc) is 2.80. The summed E-state index contributed by atoms with van der Waals surface area (Å²) < 4.78 is 19.1. The fourth-order valence-electron chi connectivity index (χ4n) is 2.61. The van der Waals surface area contributed by atoms with Crippen LogP contribution in [0, 0.1) is 27.3 Å². The van der Waals surface area contributed by atoms with E-state index in [9.17, 15) is 29.4 Å². The van der Waals surface area contributed by atoms with Crippen LogP contribution in [0.15, 0.2) is 72.3 Å². The number of benzene rings is 3. The molecule has 0 saturated heterocycles. The maximum Gasteiger partial charge on any atom is 0.343 e. The summed E-state index contributed by atoms with van der Waals surface area (Å²) >= 11 is 5.79. The molecule has 0 aliphatic heterocycles. The van der Waals surface area contributed by atoms with E-state index in [-0.39, 0.29) is 11.3 Å². The number of ether oxygens (including phenoxy) is 1. The third kappa shape index (κ3) is 6.00. The zero-order valence-corrected chi connectivity index (χ0v) is 17.4. The molecule has 0 saturated carbocycles. The molecule has 10 heteroatoms. The van der Waals surface area contributed by atoms with Crippen LogP contribution >= 0.6 is 11.6 Å². The first-order chi connectivity index (χ1) is 15.8. The van der Waals surface area contributed by atoms with Gasteiger partial charge in [0.25, 0.3) is 11.6 Å². The number of carbonyl (C=O) groups excluding carboxylic acids is 2. The number of carbonyl (C=O) groups is 2. The van der Waals surface area contributed by atoms with Crippen LogP contribution in [0.3, 0.4) is 0 Å². The van der Waals surface area contributed by atoms with Gasteiger partial charge in [-0.05, 0) is 54.1 Å². The SMILES string of the molecule is N#C/C(=C\c1ccc(OC(=O)c2ccc(Cl)cc2)cc1)C(=O)Nc1cc([N+](=O)[O-])ccc1F. The fourth-order valence-corrected chi connectivity index (χ4v) is 2.74. The zero-order chi connectivity index (χ0) is 24.0. The lowest BCUT2D eigenvalue weighted by atomic mass is 10.1. The van der Waals surface area contributed by atoms with Gasteiger partial charge in [0.05, 0.1) is 16.2 Å². The van der Waals surface area contributed by atoms with E-state index in [1.165, 1.54) is 42.5 Å². The van der Waals surface area contributed by atoms with Crippen molar-refractivity contribution in [2.24, 2.45) is 0 Å². The molecule has 33 heavy (non-hydrogen) atoms. The van der Waals surface area contributed by atoms with Gasteiger partial charge in [-0.3, -0.25) is 14.9 Å². The third-order valence-electron chi connectivity index (χ3n) is 4.26. The minimum atomic E-state index is -0.949. The van der Waals surface area contributed by atoms with E-state index in [0.717, 1.165) is 18.2 Å². The number of hydrogen-bond donors (Lipinski definition) is 1. The molecular weight excluding hydrogens is 453 g/mol. The van der Waals surface area contributed by atoms with E-state index in [1.807, 2.05) is 0 Å². The third-order valence-corrected chi connectivity index (χ3v) is 4.51. The monoisotopic (exact) mass is 465 g/mol. The van der Waals surface area contributed by atoms with Gasteiger partial charge in [-0.2, -0.15) is 5.26 Å². The van der Waals surface area contributed by atoms with Gasteiger partial charge in [0, 0.05) is 17.2 Å². The fraction of sp³-hybridized carbons (Fsp3) is 0. The lowest BCUT2D eigenvalue weighted by molar-refractivity contribution is -0.384. The van der Waals surface area contributed by atoms with Gasteiger partial charge < -0.3 is 10.1 Å². The summed E-state index contributed by atoms with van der Waals surface area (Å²) in [5.74, 6) is -2.20. The molecule has 3 rings (SSSR count). The molecule has 0 aliphatic rings. The van der Waals surface area contributed by atoms with E-state index in [1.54, 1.807) is 18.2 Å². The summed E-state index contributed by atoms with van der Waals surface area (Å²) in [6.45, 7) is 0. The normalized spacial score (nSPS) is 10.8. The number of nitro groups is 1. The predicted octanol–water partition coefficient (Wildman–Crippen LogP) is 5.15. The highest BCUT2D eigenvalue weighted by Crippen LogP contribution is 2.22. The Labute approximate surface area is 191 Å². The number of esters is 1. The number of rotatable bonds is 6. The summed E-state index contributed by atoms with van der Waals surface area (Å²) in [7, 11) is 0. The number of nitriles is 1. The van der Waals surface area contributed by atoms with Crippen LogP contribution in [0.5, 0.6) is 5.75 Å². The Morgan fingerprint density at radius 1 is 1.09 bits per heavy atom. The van der Waals surface area contributed by atoms with Gasteiger partial charge in [0.2, 0.25) is 0 Å². The molecule has 0 unspecified atom stereocenters. The van der Waals surface area contributed by atoms with Gasteiger partial charge in [0.15, 0.2) is 0 Å². The highest BCUT2D eigenvalue weighted by molar-refractivity contribution is 6.30. The molecule has 0 heterocycles. The molecule has 1 amide bonds. The minimum Gasteiger partial charge on any atom is -0.423 e. The summed E-state index contributed by atoms with van der Waals surface area (Å²) in [4.78, 5) is 34.6. The Balaban J connectivity index is 1.72. The Hall–Kier alpha value is -4.55. The second kappa shape index (κ2) is 10.2. The molecule has 8 nitrogen and oxygen atoms in total. The maximum absolute atomic E-state index is 13.9. The summed E-state index contributed by atoms with van der Waals surface area (Å²) in [6, 6.07) is 16.4. The smallest absolute Gasteiger partial charge is 0.343 e. The molecule has 0 fully saturated rings. The van der Waals surface area contributed by atoms with Crippen molar-refractivity contribution in [3.05, 3.63) is 104 Å². The molecule has 0 bridgehead atoms. The standard InChI is InChI=1S/C23H13ClFN3O5/c24-17-5-3-15(4-6-17)23(30)33-19-8-1-14(2-9-19)11-16(13-26)22(29)27-21-12-18(28(31)32)7-10-20(21)25/h1-12H,(H,27,29)/b16-11+. The molecule has 0 aliphatic carbocycles. The van der Waals surface area contributed by atoms with E-state index in [2.05, 4.69) is 5.32 Å². The van der Waals surface area contributed by atoms with Crippen LogP contribution in [0.2, 0.25) is 5.02 Å². The lowest BCUT2D eigenvalue weighted by Crippen LogP contribution is -2.14. The van der Waals surface area contributed by atoms with Crippen molar-refractivity contribution >= 4 is 40.9 Å². The number of nitrogens with zero attached hydrogens (tertiary/aromatic N) is 2. The van der Waals surface area contributed by atoms with Crippen molar-refractivity contribution < 1.29 is 23.6 Å². The molecule has 3 aromatic rings. The van der Waals surface area contributed by atoms with E-state index >= 15 is 0 Å². The van der Waals surface area contributed by atoms with Crippen LogP contribution in [0.1, 0.15) is 15.9 Å². The highest BCUT2D eigenvalue weighted by Gasteiger charge is 2.16. The summed E-state index contributed by atoms with van der Waals surface area (Å²) in [5, 5.41) is 22.8. The van der Waals surface area contributed by atoms with Gasteiger partial charge in [-0.25, -0.2) is 9.18 Å². The summed E-state index contributed by atoms with van der Waals surface area (Å²) in [6.07, 6.45) is 1.23. The zero-order valence-electron chi connectivity index (χ0n) is 16.6. The average molecular weight is 466 g/mol. The number of halogens is 2. The molecule has 0 spiro atoms. The topological polar surface area (TPSA) is 122 Å². The number of non-ortho nitro benzene ring substituents is 1. The Morgan fingerprint density at radius 2 is 1.76 bits per heavy atom. The lowest BCUT2D eigenvalue weighted by Gasteiger charge is -2.06. The van der Waals surface area contributed by atoms with Crippen LogP contribution in [-0.2, 0) is 4.79 Å². The van der Waals surface area contributed by atoms with E-state index in [4.69, 9.17) is 16.3 Å². The van der Waals surface area contributed by atoms with Gasteiger partial charge in [-0.1, -0.05) is 23.7 Å². The van der Waals surface area contributed by atoms with E-state index < -0.39 is 34.0 Å². The Bertz CT molecular complexity index is 1300. The first kappa shape index (κ1) is 23.1. The number of anilines is 1. The van der Waals surface area contributed by atoms with Crippen molar-refractivity contribution in [2.75, 3.05) is 5.32 Å². The highest BCUT2D eigenvalue weighted by atomic mass is 35.5. The van der Waals surface area contributed by atoms with Crippen molar-refractivity contribution in [1.82, 2.24) is 0 Å². The van der Waals surface area contributed by atoms with Gasteiger partial charge in [0.1, 0.15) is 23.2 Å². The quantitative estimate of drug-likeness (QED) is 0.134. The second-order valence-electron chi connectivity index (χ2n) is 6.51. The van der Waals surface area contributed by atoms with Crippen molar-refractivity contribution in [3.8, 4) is 11.8 Å². The molecular formula is C23H13ClFN3O5. The van der Waals surface area contributed by atoms with Gasteiger partial charge >= 0.3 is 5.97 Å². The molecule has 0 atom stereocenters.